The molecule has 2 heterocycles. The maximum atomic E-state index is 12.2. The summed E-state index contributed by atoms with van der Waals surface area (Å²) in [5.74, 6) is 0.395. The first-order valence-corrected chi connectivity index (χ1v) is 10.4. The zero-order valence-electron chi connectivity index (χ0n) is 17.1. The Morgan fingerprint density at radius 3 is 2.52 bits per heavy atom. The van der Waals surface area contributed by atoms with Gasteiger partial charge in [0.05, 0.1) is 16.2 Å². The van der Waals surface area contributed by atoms with Crippen molar-refractivity contribution in [3.8, 4) is 0 Å². The van der Waals surface area contributed by atoms with E-state index in [1.807, 2.05) is 23.1 Å². The molecule has 1 N–H and O–H groups in total. The van der Waals surface area contributed by atoms with E-state index in [4.69, 9.17) is 11.6 Å². The number of likely N-dealkylation sites (N-methyl/N-ethyl adjacent to an activating group) is 1. The molecule has 1 saturated heterocycles. The number of anilines is 1. The van der Waals surface area contributed by atoms with Crippen LogP contribution in [0.2, 0.25) is 5.02 Å². The molecule has 0 aliphatic carbocycles. The number of rotatable bonds is 4. The highest BCUT2D eigenvalue weighted by Gasteiger charge is 2.21. The van der Waals surface area contributed by atoms with Gasteiger partial charge in [0.2, 0.25) is 0 Å². The molecule has 3 aromatic rings. The second-order valence-corrected chi connectivity index (χ2v) is 7.85. The number of amidine groups is 1. The Kier molecular flexibility index (Phi) is 5.48. The Morgan fingerprint density at radius 1 is 1.10 bits per heavy atom. The molecular weight excluding hydrogens is 386 g/mol. The maximum absolute atomic E-state index is 12.2. The van der Waals surface area contributed by atoms with Crippen LogP contribution < -0.4 is 5.43 Å². The van der Waals surface area contributed by atoms with E-state index in [2.05, 4.69) is 52.2 Å². The lowest BCUT2D eigenvalue weighted by atomic mass is 10.1. The van der Waals surface area contributed by atoms with Gasteiger partial charge in [0.25, 0.3) is 0 Å². The van der Waals surface area contributed by atoms with E-state index >= 15 is 0 Å². The largest absolute Gasteiger partial charge is 0.350 e. The summed E-state index contributed by atoms with van der Waals surface area (Å²) in [7, 11) is 2.09. The van der Waals surface area contributed by atoms with Crippen LogP contribution in [0.3, 0.4) is 0 Å². The molecule has 2 aromatic carbocycles. The van der Waals surface area contributed by atoms with E-state index in [1.165, 1.54) is 0 Å². The standard InChI is InChI=1S/C22H26ClN5O/c1-4-28-18-8-6-5-7-16(18)20-19(28)10-9-17(21(20)23)24-25-22(15(2)29)27-13-11-26(3)12-14-27/h5-10,24H,4,11-14H2,1-3H3/b25-22+. The lowest BCUT2D eigenvalue weighted by Crippen LogP contribution is -2.49. The number of fused-ring (bicyclic) bond motifs is 3. The molecule has 0 radical (unpaired) electrons. The Labute approximate surface area is 175 Å². The number of carbonyl (C=O) groups is 1. The van der Waals surface area contributed by atoms with Crippen LogP contribution in [0, 0.1) is 0 Å². The number of hydrazone groups is 1. The average molecular weight is 412 g/mol. The fourth-order valence-corrected chi connectivity index (χ4v) is 4.33. The van der Waals surface area contributed by atoms with Gasteiger partial charge in [-0.3, -0.25) is 10.2 Å². The third-order valence-electron chi connectivity index (χ3n) is 5.59. The molecule has 7 heteroatoms. The fraction of sp³-hybridized carbons (Fsp3) is 0.364. The molecule has 29 heavy (non-hydrogen) atoms. The topological polar surface area (TPSA) is 52.9 Å². The molecule has 1 fully saturated rings. The number of carbonyl (C=O) groups excluding carboxylic acids is 1. The summed E-state index contributed by atoms with van der Waals surface area (Å²) < 4.78 is 2.26. The second kappa shape index (κ2) is 8.05. The SMILES string of the molecule is CCn1c2ccccc2c2c(Cl)c(N/N=C(\C(C)=O)N3CCN(C)CC3)ccc21. The Balaban J connectivity index is 1.72. The first-order chi connectivity index (χ1) is 14.0. The molecule has 0 bridgehead atoms. The fourth-order valence-electron chi connectivity index (χ4n) is 4.03. The quantitative estimate of drug-likeness (QED) is 0.400. The van der Waals surface area contributed by atoms with Crippen molar-refractivity contribution in [2.24, 2.45) is 5.10 Å². The Morgan fingerprint density at radius 2 is 1.83 bits per heavy atom. The van der Waals surface area contributed by atoms with Crippen molar-refractivity contribution in [3.63, 3.8) is 0 Å². The van der Waals surface area contributed by atoms with Crippen molar-refractivity contribution >= 4 is 50.7 Å². The van der Waals surface area contributed by atoms with Crippen LogP contribution in [0.25, 0.3) is 21.8 Å². The first-order valence-electron chi connectivity index (χ1n) is 9.98. The zero-order chi connectivity index (χ0) is 20.5. The minimum Gasteiger partial charge on any atom is -0.350 e. The predicted molar refractivity (Wildman–Crippen MR) is 121 cm³/mol. The summed E-state index contributed by atoms with van der Waals surface area (Å²) in [4.78, 5) is 16.5. The number of hydrogen-bond acceptors (Lipinski definition) is 4. The van der Waals surface area contributed by atoms with Crippen molar-refractivity contribution in [1.82, 2.24) is 14.4 Å². The number of aromatic nitrogens is 1. The number of nitrogens with zero attached hydrogens (tertiary/aromatic N) is 4. The summed E-state index contributed by atoms with van der Waals surface area (Å²) >= 11 is 6.81. The van der Waals surface area contributed by atoms with Gasteiger partial charge in [0.1, 0.15) is 0 Å². The van der Waals surface area contributed by atoms with Crippen LogP contribution in [0.15, 0.2) is 41.5 Å². The van der Waals surface area contributed by atoms with E-state index in [0.717, 1.165) is 54.5 Å². The average Bonchev–Trinajstić information content (AvgIpc) is 3.05. The molecule has 152 valence electrons. The van der Waals surface area contributed by atoms with Gasteiger partial charge < -0.3 is 14.4 Å². The monoisotopic (exact) mass is 411 g/mol. The van der Waals surface area contributed by atoms with Gasteiger partial charge in [-0.05, 0) is 32.2 Å². The number of nitrogens with one attached hydrogen (secondary N) is 1. The highest BCUT2D eigenvalue weighted by atomic mass is 35.5. The van der Waals surface area contributed by atoms with Crippen molar-refractivity contribution in [1.29, 1.82) is 0 Å². The third-order valence-corrected chi connectivity index (χ3v) is 5.98. The first kappa shape index (κ1) is 19.7. The minimum atomic E-state index is -0.0539. The number of para-hydroxylation sites is 1. The van der Waals surface area contributed by atoms with Gasteiger partial charge in [0.15, 0.2) is 11.6 Å². The molecule has 0 saturated carbocycles. The summed E-state index contributed by atoms with van der Waals surface area (Å²) in [5.41, 5.74) is 6.02. The van der Waals surface area contributed by atoms with Gasteiger partial charge >= 0.3 is 0 Å². The summed E-state index contributed by atoms with van der Waals surface area (Å²) in [5, 5.41) is 7.20. The van der Waals surface area contributed by atoms with E-state index in [1.54, 1.807) is 6.92 Å². The third kappa shape index (κ3) is 3.58. The molecule has 0 amide bonds. The van der Waals surface area contributed by atoms with Gasteiger partial charge in [-0.2, -0.15) is 5.10 Å². The Hall–Kier alpha value is -2.57. The van der Waals surface area contributed by atoms with E-state index < -0.39 is 0 Å². The normalized spacial score (nSPS) is 16.0. The van der Waals surface area contributed by atoms with Crippen LogP contribution >= 0.6 is 11.6 Å². The molecule has 0 unspecified atom stereocenters. The molecule has 1 aliphatic rings. The van der Waals surface area contributed by atoms with Gasteiger partial charge in [-0.1, -0.05) is 29.8 Å². The van der Waals surface area contributed by atoms with Gasteiger partial charge in [0, 0.05) is 55.9 Å². The van der Waals surface area contributed by atoms with Crippen LogP contribution in [0.5, 0.6) is 0 Å². The number of ketones is 1. The van der Waals surface area contributed by atoms with Gasteiger partial charge in [-0.25, -0.2) is 0 Å². The molecule has 1 aromatic heterocycles. The van der Waals surface area contributed by atoms with Crippen LogP contribution in [-0.4, -0.2) is 59.2 Å². The van der Waals surface area contributed by atoms with Crippen molar-refractivity contribution in [2.75, 3.05) is 38.7 Å². The van der Waals surface area contributed by atoms with E-state index in [9.17, 15) is 4.79 Å². The highest BCUT2D eigenvalue weighted by molar-refractivity contribution is 6.41. The van der Waals surface area contributed by atoms with E-state index in [0.29, 0.717) is 16.5 Å². The number of piperazine rings is 1. The van der Waals surface area contributed by atoms with E-state index in [-0.39, 0.29) is 5.78 Å². The molecule has 1 aliphatic heterocycles. The number of hydrogen-bond donors (Lipinski definition) is 1. The molecule has 0 atom stereocenters. The molecule has 0 spiro atoms. The summed E-state index contributed by atoms with van der Waals surface area (Å²) in [6.45, 7) is 7.94. The molecule has 6 nitrogen and oxygen atoms in total. The number of benzene rings is 2. The predicted octanol–water partition coefficient (Wildman–Crippen LogP) is 4.03. The van der Waals surface area contributed by atoms with Crippen LogP contribution in [0.1, 0.15) is 13.8 Å². The smallest absolute Gasteiger partial charge is 0.196 e. The van der Waals surface area contributed by atoms with Crippen molar-refractivity contribution in [2.45, 2.75) is 20.4 Å². The van der Waals surface area contributed by atoms with Crippen molar-refractivity contribution in [3.05, 3.63) is 41.4 Å². The van der Waals surface area contributed by atoms with Crippen molar-refractivity contribution < 1.29 is 4.79 Å². The zero-order valence-corrected chi connectivity index (χ0v) is 17.8. The van der Waals surface area contributed by atoms with Crippen LogP contribution in [0.4, 0.5) is 5.69 Å². The lowest BCUT2D eigenvalue weighted by molar-refractivity contribution is -0.111. The summed E-state index contributed by atoms with van der Waals surface area (Å²) in [6.07, 6.45) is 0. The van der Waals surface area contributed by atoms with Crippen LogP contribution in [-0.2, 0) is 11.3 Å². The maximum Gasteiger partial charge on any atom is 0.196 e. The molecular formula is C22H26ClN5O. The summed E-state index contributed by atoms with van der Waals surface area (Å²) in [6, 6.07) is 12.3. The number of aryl methyl sites for hydroxylation is 1. The number of halogens is 1. The second-order valence-electron chi connectivity index (χ2n) is 7.48. The molecule has 4 rings (SSSR count). The number of Topliss-reactive ketones (excluding diaryl/α,β-unsaturated/α-hetero) is 1. The minimum absolute atomic E-state index is 0.0539. The highest BCUT2D eigenvalue weighted by Crippen LogP contribution is 2.38. The lowest BCUT2D eigenvalue weighted by Gasteiger charge is -2.33. The Bertz CT molecular complexity index is 1100. The van der Waals surface area contributed by atoms with Gasteiger partial charge in [-0.15, -0.1) is 0 Å².